The Morgan fingerprint density at radius 1 is 1.43 bits per heavy atom. The van der Waals surface area contributed by atoms with E-state index in [-0.39, 0.29) is 0 Å². The van der Waals surface area contributed by atoms with Crippen molar-refractivity contribution in [3.63, 3.8) is 0 Å². The Balaban J connectivity index is 2.12. The van der Waals surface area contributed by atoms with Gasteiger partial charge in [-0.25, -0.2) is 0 Å². The quantitative estimate of drug-likeness (QED) is 0.809. The summed E-state index contributed by atoms with van der Waals surface area (Å²) in [4.78, 5) is 0. The molecule has 78 valence electrons. The first kappa shape index (κ1) is 10.4. The van der Waals surface area contributed by atoms with Crippen LogP contribution < -0.4 is 5.73 Å². The SMILES string of the molecule is Cc1c(I)cnn1C1CCC(N)CC1. The van der Waals surface area contributed by atoms with Gasteiger partial charge in [0.2, 0.25) is 0 Å². The zero-order valence-corrected chi connectivity index (χ0v) is 10.6. The third-order valence-electron chi connectivity index (χ3n) is 3.07. The van der Waals surface area contributed by atoms with Crippen molar-refractivity contribution >= 4 is 22.6 Å². The molecule has 1 heterocycles. The maximum absolute atomic E-state index is 5.89. The van der Waals surface area contributed by atoms with Crippen LogP contribution in [-0.2, 0) is 0 Å². The molecule has 1 fully saturated rings. The zero-order valence-electron chi connectivity index (χ0n) is 8.41. The maximum atomic E-state index is 5.89. The largest absolute Gasteiger partial charge is 0.328 e. The normalized spacial score (nSPS) is 27.9. The minimum Gasteiger partial charge on any atom is -0.328 e. The molecule has 0 amide bonds. The molecule has 0 atom stereocenters. The highest BCUT2D eigenvalue weighted by atomic mass is 127. The van der Waals surface area contributed by atoms with Crippen molar-refractivity contribution in [3.05, 3.63) is 15.5 Å². The Kier molecular flexibility index (Phi) is 3.11. The standard InChI is InChI=1S/C10H16IN3/c1-7-10(11)6-13-14(7)9-4-2-8(12)3-5-9/h6,8-9H,2-5,12H2,1H3. The highest BCUT2D eigenvalue weighted by Crippen LogP contribution is 2.28. The van der Waals surface area contributed by atoms with E-state index in [0.29, 0.717) is 12.1 Å². The van der Waals surface area contributed by atoms with Gasteiger partial charge in [-0.15, -0.1) is 0 Å². The summed E-state index contributed by atoms with van der Waals surface area (Å²) in [6, 6.07) is 1.000. The fourth-order valence-electron chi connectivity index (χ4n) is 2.12. The molecule has 4 heteroatoms. The molecule has 2 N–H and O–H groups in total. The van der Waals surface area contributed by atoms with Crippen LogP contribution in [-0.4, -0.2) is 15.8 Å². The number of nitrogens with two attached hydrogens (primary N) is 1. The van der Waals surface area contributed by atoms with Gasteiger partial charge in [-0.05, 0) is 55.2 Å². The molecular formula is C10H16IN3. The first-order chi connectivity index (χ1) is 6.68. The summed E-state index contributed by atoms with van der Waals surface area (Å²) in [5.74, 6) is 0. The number of rotatable bonds is 1. The molecule has 0 aliphatic heterocycles. The van der Waals surface area contributed by atoms with Crippen LogP contribution in [0.2, 0.25) is 0 Å². The minimum atomic E-state index is 0.418. The molecule has 0 aromatic carbocycles. The highest BCUT2D eigenvalue weighted by molar-refractivity contribution is 14.1. The molecule has 0 radical (unpaired) electrons. The Morgan fingerprint density at radius 2 is 2.07 bits per heavy atom. The fourth-order valence-corrected chi connectivity index (χ4v) is 2.49. The van der Waals surface area contributed by atoms with Crippen molar-refractivity contribution in [1.29, 1.82) is 0 Å². The van der Waals surface area contributed by atoms with Gasteiger partial charge in [0.1, 0.15) is 0 Å². The summed E-state index contributed by atoms with van der Waals surface area (Å²) in [6.07, 6.45) is 6.59. The number of aromatic nitrogens is 2. The molecule has 1 aromatic heterocycles. The van der Waals surface area contributed by atoms with Crippen LogP contribution in [0, 0.1) is 10.5 Å². The third-order valence-corrected chi connectivity index (χ3v) is 4.13. The summed E-state index contributed by atoms with van der Waals surface area (Å²) in [6.45, 7) is 2.14. The summed E-state index contributed by atoms with van der Waals surface area (Å²) in [5.41, 5.74) is 7.18. The van der Waals surface area contributed by atoms with Crippen molar-refractivity contribution in [2.24, 2.45) is 5.73 Å². The molecule has 0 bridgehead atoms. The van der Waals surface area contributed by atoms with E-state index in [1.54, 1.807) is 0 Å². The second-order valence-corrected chi connectivity index (χ2v) is 5.25. The second kappa shape index (κ2) is 4.18. The molecule has 0 unspecified atom stereocenters. The van der Waals surface area contributed by atoms with Crippen molar-refractivity contribution in [2.45, 2.75) is 44.7 Å². The number of nitrogens with zero attached hydrogens (tertiary/aromatic N) is 2. The first-order valence-electron chi connectivity index (χ1n) is 5.13. The van der Waals surface area contributed by atoms with Crippen molar-refractivity contribution < 1.29 is 0 Å². The molecule has 14 heavy (non-hydrogen) atoms. The Labute approximate surface area is 98.2 Å². The predicted molar refractivity (Wildman–Crippen MR) is 65.2 cm³/mol. The van der Waals surface area contributed by atoms with Crippen molar-refractivity contribution in [3.8, 4) is 0 Å². The van der Waals surface area contributed by atoms with E-state index in [9.17, 15) is 0 Å². The van der Waals surface area contributed by atoms with Crippen LogP contribution in [0.4, 0.5) is 0 Å². The van der Waals surface area contributed by atoms with E-state index in [1.807, 2.05) is 6.20 Å². The monoisotopic (exact) mass is 305 g/mol. The van der Waals surface area contributed by atoms with E-state index in [0.717, 1.165) is 12.8 Å². The van der Waals surface area contributed by atoms with E-state index >= 15 is 0 Å². The summed E-state index contributed by atoms with van der Waals surface area (Å²) in [5, 5.41) is 4.43. The van der Waals surface area contributed by atoms with Crippen LogP contribution in [0.1, 0.15) is 37.4 Å². The summed E-state index contributed by atoms with van der Waals surface area (Å²) in [7, 11) is 0. The van der Waals surface area contributed by atoms with Crippen LogP contribution in [0.25, 0.3) is 0 Å². The summed E-state index contributed by atoms with van der Waals surface area (Å²) >= 11 is 2.34. The van der Waals surface area contributed by atoms with Gasteiger partial charge < -0.3 is 5.73 Å². The average molecular weight is 305 g/mol. The molecule has 0 saturated heterocycles. The lowest BCUT2D eigenvalue weighted by atomic mass is 9.92. The van der Waals surface area contributed by atoms with Gasteiger partial charge in [-0.1, -0.05) is 0 Å². The third kappa shape index (κ3) is 1.95. The molecule has 2 rings (SSSR count). The molecule has 3 nitrogen and oxygen atoms in total. The molecule has 1 saturated carbocycles. The smallest absolute Gasteiger partial charge is 0.0626 e. The number of hydrogen-bond acceptors (Lipinski definition) is 2. The molecule has 0 spiro atoms. The Bertz CT molecular complexity index is 313. The van der Waals surface area contributed by atoms with Gasteiger partial charge in [0.05, 0.1) is 15.8 Å². The maximum Gasteiger partial charge on any atom is 0.0626 e. The van der Waals surface area contributed by atoms with Crippen LogP contribution in [0.15, 0.2) is 6.20 Å². The van der Waals surface area contributed by atoms with E-state index in [2.05, 4.69) is 39.3 Å². The van der Waals surface area contributed by atoms with Gasteiger partial charge in [0.25, 0.3) is 0 Å². The van der Waals surface area contributed by atoms with Crippen molar-refractivity contribution in [1.82, 2.24) is 9.78 Å². The van der Waals surface area contributed by atoms with Crippen molar-refractivity contribution in [2.75, 3.05) is 0 Å². The average Bonchev–Trinajstić information content (AvgIpc) is 2.50. The first-order valence-corrected chi connectivity index (χ1v) is 6.21. The fraction of sp³-hybridized carbons (Fsp3) is 0.700. The van der Waals surface area contributed by atoms with Gasteiger partial charge in [-0.3, -0.25) is 4.68 Å². The predicted octanol–water partition coefficient (Wildman–Crippen LogP) is 2.24. The highest BCUT2D eigenvalue weighted by Gasteiger charge is 2.21. The molecule has 1 aliphatic carbocycles. The Hall–Kier alpha value is -0.100. The van der Waals surface area contributed by atoms with Gasteiger partial charge in [0.15, 0.2) is 0 Å². The minimum absolute atomic E-state index is 0.418. The molecule has 1 aliphatic rings. The number of halogens is 1. The molecule has 1 aromatic rings. The van der Waals surface area contributed by atoms with Crippen LogP contribution in [0.5, 0.6) is 0 Å². The lowest BCUT2D eigenvalue weighted by Gasteiger charge is -2.27. The van der Waals surface area contributed by atoms with Crippen LogP contribution in [0.3, 0.4) is 0 Å². The van der Waals surface area contributed by atoms with E-state index in [4.69, 9.17) is 5.73 Å². The summed E-state index contributed by atoms with van der Waals surface area (Å²) < 4.78 is 3.44. The van der Waals surface area contributed by atoms with Gasteiger partial charge in [-0.2, -0.15) is 5.10 Å². The molecular weight excluding hydrogens is 289 g/mol. The lowest BCUT2D eigenvalue weighted by Crippen LogP contribution is -2.28. The van der Waals surface area contributed by atoms with Gasteiger partial charge >= 0.3 is 0 Å². The van der Waals surface area contributed by atoms with E-state index < -0.39 is 0 Å². The lowest BCUT2D eigenvalue weighted by molar-refractivity contribution is 0.300. The second-order valence-electron chi connectivity index (χ2n) is 4.09. The van der Waals surface area contributed by atoms with E-state index in [1.165, 1.54) is 22.1 Å². The van der Waals surface area contributed by atoms with Gasteiger partial charge in [0, 0.05) is 11.7 Å². The van der Waals surface area contributed by atoms with Crippen LogP contribution >= 0.6 is 22.6 Å². The zero-order chi connectivity index (χ0) is 10.1. The Morgan fingerprint density at radius 3 is 2.57 bits per heavy atom. The number of hydrogen-bond donors (Lipinski definition) is 1. The topological polar surface area (TPSA) is 43.8 Å².